The lowest BCUT2D eigenvalue weighted by Gasteiger charge is -2.33. The van der Waals surface area contributed by atoms with Crippen LogP contribution in [0.5, 0.6) is 0 Å². The molecule has 0 radical (unpaired) electrons. The van der Waals surface area contributed by atoms with E-state index in [9.17, 15) is 9.18 Å². The van der Waals surface area contributed by atoms with Gasteiger partial charge in [0.15, 0.2) is 0 Å². The fourth-order valence-corrected chi connectivity index (χ4v) is 2.84. The summed E-state index contributed by atoms with van der Waals surface area (Å²) in [5.74, 6) is -0.532. The van der Waals surface area contributed by atoms with Gasteiger partial charge in [0.05, 0.1) is 5.69 Å². The Labute approximate surface area is 129 Å². The number of para-hydroxylation sites is 2. The molecular formula is C18H19FN2O. The quantitative estimate of drug-likeness (QED) is 0.937. The van der Waals surface area contributed by atoms with E-state index in [0.29, 0.717) is 0 Å². The maximum absolute atomic E-state index is 13.6. The van der Waals surface area contributed by atoms with E-state index >= 15 is 0 Å². The Kier molecular flexibility index (Phi) is 4.37. The Morgan fingerprint density at radius 2 is 1.64 bits per heavy atom. The largest absolute Gasteiger partial charge is 0.371 e. The first-order chi connectivity index (χ1) is 10.7. The van der Waals surface area contributed by atoms with E-state index in [-0.39, 0.29) is 17.5 Å². The number of benzene rings is 2. The zero-order valence-corrected chi connectivity index (χ0v) is 12.3. The van der Waals surface area contributed by atoms with Crippen molar-refractivity contribution < 1.29 is 9.18 Å². The fraction of sp³-hybridized carbons (Fsp3) is 0.278. The molecule has 2 aromatic rings. The van der Waals surface area contributed by atoms with E-state index in [2.05, 4.69) is 22.3 Å². The van der Waals surface area contributed by atoms with Crippen LogP contribution in [-0.2, 0) is 4.79 Å². The standard InChI is InChI=1S/C18H19FN2O/c19-16-8-4-5-9-17(16)20-18(22)14-10-12-21(13-11-14)15-6-2-1-3-7-15/h1-9,14H,10-13H2,(H,20,22). The molecular weight excluding hydrogens is 279 g/mol. The monoisotopic (exact) mass is 298 g/mol. The molecule has 1 heterocycles. The molecule has 0 bridgehead atoms. The normalized spacial score (nSPS) is 15.6. The summed E-state index contributed by atoms with van der Waals surface area (Å²) in [7, 11) is 0. The Morgan fingerprint density at radius 1 is 1.00 bits per heavy atom. The number of carbonyl (C=O) groups is 1. The zero-order chi connectivity index (χ0) is 15.4. The molecule has 1 fully saturated rings. The number of anilines is 2. The molecule has 0 aromatic heterocycles. The summed E-state index contributed by atoms with van der Waals surface area (Å²) < 4.78 is 13.6. The van der Waals surface area contributed by atoms with Crippen molar-refractivity contribution in [3.8, 4) is 0 Å². The van der Waals surface area contributed by atoms with Crippen LogP contribution in [0.25, 0.3) is 0 Å². The number of hydrogen-bond acceptors (Lipinski definition) is 2. The smallest absolute Gasteiger partial charge is 0.227 e. The highest BCUT2D eigenvalue weighted by molar-refractivity contribution is 5.92. The summed E-state index contributed by atoms with van der Waals surface area (Å²) in [6.45, 7) is 1.69. The number of halogens is 1. The number of nitrogens with zero attached hydrogens (tertiary/aromatic N) is 1. The van der Waals surface area contributed by atoms with Crippen LogP contribution in [0.2, 0.25) is 0 Å². The maximum Gasteiger partial charge on any atom is 0.227 e. The fourth-order valence-electron chi connectivity index (χ4n) is 2.84. The molecule has 3 rings (SSSR count). The van der Waals surface area contributed by atoms with Crippen molar-refractivity contribution >= 4 is 17.3 Å². The Hall–Kier alpha value is -2.36. The van der Waals surface area contributed by atoms with E-state index < -0.39 is 5.82 Å². The third-order valence-corrected chi connectivity index (χ3v) is 4.12. The molecule has 0 unspecified atom stereocenters. The first-order valence-corrected chi connectivity index (χ1v) is 7.59. The van der Waals surface area contributed by atoms with Gasteiger partial charge in [0.2, 0.25) is 5.91 Å². The van der Waals surface area contributed by atoms with Crippen molar-refractivity contribution in [2.24, 2.45) is 5.92 Å². The summed E-state index contributed by atoms with van der Waals surface area (Å²) in [4.78, 5) is 14.6. The summed E-state index contributed by atoms with van der Waals surface area (Å²) in [6, 6.07) is 16.5. The highest BCUT2D eigenvalue weighted by atomic mass is 19.1. The van der Waals surface area contributed by atoms with Crippen LogP contribution in [0.3, 0.4) is 0 Å². The van der Waals surface area contributed by atoms with Gasteiger partial charge in [-0.05, 0) is 37.1 Å². The van der Waals surface area contributed by atoms with Crippen molar-refractivity contribution in [1.29, 1.82) is 0 Å². The van der Waals surface area contributed by atoms with Crippen LogP contribution in [-0.4, -0.2) is 19.0 Å². The van der Waals surface area contributed by atoms with Gasteiger partial charge in [-0.1, -0.05) is 30.3 Å². The molecule has 2 aromatic carbocycles. The van der Waals surface area contributed by atoms with E-state index in [1.165, 1.54) is 11.8 Å². The lowest BCUT2D eigenvalue weighted by atomic mass is 9.95. The van der Waals surface area contributed by atoms with Crippen LogP contribution in [0, 0.1) is 11.7 Å². The van der Waals surface area contributed by atoms with E-state index in [1.807, 2.05) is 18.2 Å². The molecule has 1 N–H and O–H groups in total. The van der Waals surface area contributed by atoms with Gasteiger partial charge in [-0.3, -0.25) is 4.79 Å². The average molecular weight is 298 g/mol. The predicted octanol–water partition coefficient (Wildman–Crippen LogP) is 3.68. The van der Waals surface area contributed by atoms with Crippen LogP contribution < -0.4 is 10.2 Å². The van der Waals surface area contributed by atoms with Gasteiger partial charge in [-0.2, -0.15) is 0 Å². The average Bonchev–Trinajstić information content (AvgIpc) is 2.58. The molecule has 1 aliphatic heterocycles. The maximum atomic E-state index is 13.6. The minimum absolute atomic E-state index is 0.0560. The summed E-state index contributed by atoms with van der Waals surface area (Å²) in [5.41, 5.74) is 1.45. The Morgan fingerprint density at radius 3 is 2.32 bits per heavy atom. The number of amides is 1. The lowest BCUT2D eigenvalue weighted by Crippen LogP contribution is -2.38. The van der Waals surface area contributed by atoms with Gasteiger partial charge >= 0.3 is 0 Å². The minimum atomic E-state index is -0.391. The summed E-state index contributed by atoms with van der Waals surface area (Å²) >= 11 is 0. The van der Waals surface area contributed by atoms with Gasteiger partial charge < -0.3 is 10.2 Å². The molecule has 114 valence electrons. The highest BCUT2D eigenvalue weighted by Crippen LogP contribution is 2.24. The predicted molar refractivity (Wildman–Crippen MR) is 86.4 cm³/mol. The second-order valence-electron chi connectivity index (χ2n) is 5.57. The zero-order valence-electron chi connectivity index (χ0n) is 12.3. The van der Waals surface area contributed by atoms with Crippen LogP contribution in [0.15, 0.2) is 54.6 Å². The van der Waals surface area contributed by atoms with Gasteiger partial charge in [0.25, 0.3) is 0 Å². The number of carbonyl (C=O) groups excluding carboxylic acids is 1. The summed E-state index contributed by atoms with van der Waals surface area (Å²) in [6.07, 6.45) is 1.57. The lowest BCUT2D eigenvalue weighted by molar-refractivity contribution is -0.120. The topological polar surface area (TPSA) is 32.3 Å². The van der Waals surface area contributed by atoms with Crippen LogP contribution in [0.4, 0.5) is 15.8 Å². The van der Waals surface area contributed by atoms with Crippen molar-refractivity contribution in [2.45, 2.75) is 12.8 Å². The number of nitrogens with one attached hydrogen (secondary N) is 1. The first kappa shape index (κ1) is 14.6. The van der Waals surface area contributed by atoms with Crippen LogP contribution in [0.1, 0.15) is 12.8 Å². The first-order valence-electron chi connectivity index (χ1n) is 7.59. The second kappa shape index (κ2) is 6.60. The number of hydrogen-bond donors (Lipinski definition) is 1. The molecule has 0 aliphatic carbocycles. The molecule has 0 atom stereocenters. The highest BCUT2D eigenvalue weighted by Gasteiger charge is 2.25. The second-order valence-corrected chi connectivity index (χ2v) is 5.57. The molecule has 1 aliphatic rings. The molecule has 4 heteroatoms. The van der Waals surface area contributed by atoms with Gasteiger partial charge in [0, 0.05) is 24.7 Å². The number of rotatable bonds is 3. The molecule has 22 heavy (non-hydrogen) atoms. The molecule has 0 saturated carbocycles. The molecule has 3 nitrogen and oxygen atoms in total. The van der Waals surface area contributed by atoms with Crippen molar-refractivity contribution in [3.63, 3.8) is 0 Å². The number of piperidine rings is 1. The third-order valence-electron chi connectivity index (χ3n) is 4.12. The van der Waals surface area contributed by atoms with Crippen molar-refractivity contribution in [2.75, 3.05) is 23.3 Å². The van der Waals surface area contributed by atoms with E-state index in [0.717, 1.165) is 25.9 Å². The third kappa shape index (κ3) is 3.27. The van der Waals surface area contributed by atoms with Gasteiger partial charge in [-0.25, -0.2) is 4.39 Å². The van der Waals surface area contributed by atoms with Crippen LogP contribution >= 0.6 is 0 Å². The Bertz CT molecular complexity index is 637. The van der Waals surface area contributed by atoms with E-state index in [4.69, 9.17) is 0 Å². The Balaban J connectivity index is 1.57. The molecule has 1 saturated heterocycles. The summed E-state index contributed by atoms with van der Waals surface area (Å²) in [5, 5.41) is 2.70. The van der Waals surface area contributed by atoms with Crippen molar-refractivity contribution in [1.82, 2.24) is 0 Å². The minimum Gasteiger partial charge on any atom is -0.371 e. The van der Waals surface area contributed by atoms with Gasteiger partial charge in [0.1, 0.15) is 5.82 Å². The molecule has 1 amide bonds. The van der Waals surface area contributed by atoms with Crippen molar-refractivity contribution in [3.05, 3.63) is 60.4 Å². The SMILES string of the molecule is O=C(Nc1ccccc1F)C1CCN(c2ccccc2)CC1. The van der Waals surface area contributed by atoms with E-state index in [1.54, 1.807) is 18.2 Å². The van der Waals surface area contributed by atoms with Gasteiger partial charge in [-0.15, -0.1) is 0 Å². The molecule has 0 spiro atoms.